The van der Waals surface area contributed by atoms with Gasteiger partial charge >= 0.3 is 6.36 Å². The zero-order chi connectivity index (χ0) is 32.6. The van der Waals surface area contributed by atoms with Gasteiger partial charge in [0.05, 0.1) is 18.7 Å². The molecule has 2 saturated heterocycles. The van der Waals surface area contributed by atoms with E-state index in [1.807, 2.05) is 19.1 Å². The van der Waals surface area contributed by atoms with E-state index < -0.39 is 6.36 Å². The van der Waals surface area contributed by atoms with Crippen LogP contribution in [-0.4, -0.2) is 58.1 Å². The van der Waals surface area contributed by atoms with E-state index in [2.05, 4.69) is 42.5 Å². The van der Waals surface area contributed by atoms with Gasteiger partial charge in [-0.25, -0.2) is 9.50 Å². The molecule has 12 heteroatoms. The van der Waals surface area contributed by atoms with Gasteiger partial charge in [0.1, 0.15) is 11.4 Å². The molecule has 7 rings (SSSR count). The molecule has 0 unspecified atom stereocenters. The van der Waals surface area contributed by atoms with E-state index in [4.69, 9.17) is 4.74 Å². The van der Waals surface area contributed by atoms with E-state index in [1.165, 1.54) is 37.1 Å². The van der Waals surface area contributed by atoms with Crippen LogP contribution in [-0.2, 0) is 11.3 Å². The van der Waals surface area contributed by atoms with Gasteiger partial charge in [-0.05, 0) is 104 Å². The molecule has 2 aliphatic rings. The van der Waals surface area contributed by atoms with Crippen LogP contribution in [0.2, 0.25) is 0 Å². The standard InChI is InChI=1S/C35H33F3N6O3/c1-23-5-6-24(19-43-16-3-15-34(20-43)21-46-22-34)18-29(23)40-32(45)26-7-11-27(12-8-26)39-33-41-31(30-4-2-17-44(30)42-33)25-9-13-28(14-10-25)47-35(36,37)38/h2,4-14,17-18H,3,15-16,19-22H2,1H3,(H,39,42)(H,40,45). The number of aryl methyl sites for hydroxylation is 1. The van der Waals surface area contributed by atoms with E-state index in [-0.39, 0.29) is 17.6 Å². The van der Waals surface area contributed by atoms with E-state index in [9.17, 15) is 18.0 Å². The number of carbonyl (C=O) groups is 1. The lowest BCUT2D eigenvalue weighted by Crippen LogP contribution is -2.53. The molecule has 4 heterocycles. The molecule has 2 aromatic heterocycles. The summed E-state index contributed by atoms with van der Waals surface area (Å²) in [6.07, 6.45) is -0.615. The van der Waals surface area contributed by atoms with Gasteiger partial charge in [0.25, 0.3) is 5.91 Å². The zero-order valence-corrected chi connectivity index (χ0v) is 25.7. The lowest BCUT2D eigenvalue weighted by atomic mass is 9.78. The summed E-state index contributed by atoms with van der Waals surface area (Å²) in [7, 11) is 0. The number of aromatic nitrogens is 3. The Morgan fingerprint density at radius 3 is 2.55 bits per heavy atom. The fourth-order valence-electron chi connectivity index (χ4n) is 6.27. The summed E-state index contributed by atoms with van der Waals surface area (Å²) in [4.78, 5) is 20.4. The summed E-state index contributed by atoms with van der Waals surface area (Å²) in [6.45, 7) is 6.63. The molecule has 2 aliphatic heterocycles. The van der Waals surface area contributed by atoms with Gasteiger partial charge in [-0.15, -0.1) is 18.3 Å². The van der Waals surface area contributed by atoms with Crippen LogP contribution in [0.25, 0.3) is 16.8 Å². The number of nitrogens with zero attached hydrogens (tertiary/aromatic N) is 4. The Balaban J connectivity index is 1.03. The number of rotatable bonds is 8. The minimum absolute atomic E-state index is 0.217. The summed E-state index contributed by atoms with van der Waals surface area (Å²) in [5.41, 5.74) is 6.19. The number of ether oxygens (including phenoxy) is 2. The highest BCUT2D eigenvalue weighted by Crippen LogP contribution is 2.37. The summed E-state index contributed by atoms with van der Waals surface area (Å²) in [5.74, 6) is -0.263. The largest absolute Gasteiger partial charge is 0.573 e. The van der Waals surface area contributed by atoms with Gasteiger partial charge in [0.2, 0.25) is 5.95 Å². The minimum atomic E-state index is -4.77. The number of hydrogen-bond acceptors (Lipinski definition) is 7. The van der Waals surface area contributed by atoms with Crippen LogP contribution in [0.5, 0.6) is 5.75 Å². The maximum absolute atomic E-state index is 13.2. The molecular weight excluding hydrogens is 609 g/mol. The lowest BCUT2D eigenvalue weighted by Gasteiger charge is -2.48. The molecule has 5 aromatic rings. The molecule has 2 fully saturated rings. The van der Waals surface area contributed by atoms with Crippen molar-refractivity contribution in [2.24, 2.45) is 5.41 Å². The second kappa shape index (κ2) is 12.3. The highest BCUT2D eigenvalue weighted by molar-refractivity contribution is 6.04. The molecule has 1 amide bonds. The number of alkyl halides is 3. The molecule has 47 heavy (non-hydrogen) atoms. The number of benzene rings is 3. The first-order valence-electron chi connectivity index (χ1n) is 15.4. The number of hydrogen-bond donors (Lipinski definition) is 2. The summed E-state index contributed by atoms with van der Waals surface area (Å²) >= 11 is 0. The molecule has 3 aromatic carbocycles. The monoisotopic (exact) mass is 642 g/mol. The average Bonchev–Trinajstić information content (AvgIpc) is 3.50. The average molecular weight is 643 g/mol. The van der Waals surface area contributed by atoms with Crippen LogP contribution in [0.3, 0.4) is 0 Å². The van der Waals surface area contributed by atoms with E-state index in [0.29, 0.717) is 33.4 Å². The van der Waals surface area contributed by atoms with Crippen LogP contribution in [0.15, 0.2) is 85.1 Å². The smallest absolute Gasteiger partial charge is 0.406 e. The second-order valence-electron chi connectivity index (χ2n) is 12.3. The summed E-state index contributed by atoms with van der Waals surface area (Å²) < 4.78 is 49.0. The van der Waals surface area contributed by atoms with Gasteiger partial charge in [-0.2, -0.15) is 0 Å². The molecule has 2 N–H and O–H groups in total. The molecule has 0 radical (unpaired) electrons. The van der Waals surface area contributed by atoms with Crippen LogP contribution < -0.4 is 15.4 Å². The second-order valence-corrected chi connectivity index (χ2v) is 12.3. The van der Waals surface area contributed by atoms with Crippen molar-refractivity contribution in [3.8, 4) is 17.0 Å². The molecule has 0 bridgehead atoms. The maximum atomic E-state index is 13.2. The number of amides is 1. The molecule has 0 aliphatic carbocycles. The predicted octanol–water partition coefficient (Wildman–Crippen LogP) is 7.21. The highest BCUT2D eigenvalue weighted by atomic mass is 19.4. The molecule has 242 valence electrons. The molecular formula is C35H33F3N6O3. The maximum Gasteiger partial charge on any atom is 0.573 e. The lowest BCUT2D eigenvalue weighted by molar-refractivity contribution is -0.274. The first-order valence-corrected chi connectivity index (χ1v) is 15.4. The zero-order valence-electron chi connectivity index (χ0n) is 25.7. The summed E-state index contributed by atoms with van der Waals surface area (Å²) in [5, 5.41) is 10.7. The number of piperidine rings is 1. The Kier molecular flexibility index (Phi) is 8.06. The number of carbonyl (C=O) groups excluding carboxylic acids is 1. The predicted molar refractivity (Wildman–Crippen MR) is 172 cm³/mol. The number of anilines is 3. The van der Waals surface area contributed by atoms with E-state index in [1.54, 1.807) is 41.0 Å². The van der Waals surface area contributed by atoms with Crippen molar-refractivity contribution in [3.63, 3.8) is 0 Å². The van der Waals surface area contributed by atoms with Crippen LogP contribution in [0.1, 0.15) is 34.3 Å². The molecule has 0 saturated carbocycles. The van der Waals surface area contributed by atoms with Crippen molar-refractivity contribution < 1.29 is 27.4 Å². The Labute approximate surface area is 269 Å². The quantitative estimate of drug-likeness (QED) is 0.185. The normalized spacial score (nSPS) is 16.2. The first-order chi connectivity index (χ1) is 22.6. The van der Waals surface area contributed by atoms with Crippen molar-refractivity contribution in [2.45, 2.75) is 32.7 Å². The Morgan fingerprint density at radius 2 is 1.83 bits per heavy atom. The fraction of sp³-hybridized carbons (Fsp3) is 0.286. The molecule has 0 atom stereocenters. The Morgan fingerprint density at radius 1 is 1.04 bits per heavy atom. The fourth-order valence-corrected chi connectivity index (χ4v) is 6.27. The van der Waals surface area contributed by atoms with E-state index in [0.717, 1.165) is 49.7 Å². The third-order valence-electron chi connectivity index (χ3n) is 8.67. The van der Waals surface area contributed by atoms with Crippen molar-refractivity contribution in [1.82, 2.24) is 19.5 Å². The first kappa shape index (κ1) is 30.7. The SMILES string of the molecule is Cc1ccc(CN2CCCC3(COC3)C2)cc1NC(=O)c1ccc(Nc2nc(-c3ccc(OC(F)(F)F)cc3)c3cccn3n2)cc1. The van der Waals surface area contributed by atoms with Crippen LogP contribution in [0, 0.1) is 12.3 Å². The molecule has 9 nitrogen and oxygen atoms in total. The van der Waals surface area contributed by atoms with Crippen molar-refractivity contribution in [1.29, 1.82) is 0 Å². The van der Waals surface area contributed by atoms with E-state index >= 15 is 0 Å². The van der Waals surface area contributed by atoms with Crippen LogP contribution in [0.4, 0.5) is 30.5 Å². The number of fused-ring (bicyclic) bond motifs is 1. The highest BCUT2D eigenvalue weighted by Gasteiger charge is 2.41. The van der Waals surface area contributed by atoms with Gasteiger partial charge in [0, 0.05) is 47.2 Å². The number of nitrogens with one attached hydrogen (secondary N) is 2. The van der Waals surface area contributed by atoms with Crippen molar-refractivity contribution >= 4 is 28.7 Å². The van der Waals surface area contributed by atoms with Gasteiger partial charge in [-0.3, -0.25) is 9.69 Å². The number of likely N-dealkylation sites (tertiary alicyclic amines) is 1. The number of halogens is 3. The van der Waals surface area contributed by atoms with Gasteiger partial charge in [0.15, 0.2) is 0 Å². The Hall–Kier alpha value is -4.94. The van der Waals surface area contributed by atoms with Gasteiger partial charge < -0.3 is 20.1 Å². The molecule has 1 spiro atoms. The summed E-state index contributed by atoms with van der Waals surface area (Å²) in [6, 6.07) is 22.3. The minimum Gasteiger partial charge on any atom is -0.406 e. The van der Waals surface area contributed by atoms with Crippen molar-refractivity contribution in [2.75, 3.05) is 36.9 Å². The topological polar surface area (TPSA) is 93.0 Å². The third-order valence-corrected chi connectivity index (χ3v) is 8.67. The van der Waals surface area contributed by atoms with Gasteiger partial charge in [-0.1, -0.05) is 12.1 Å². The third kappa shape index (κ3) is 6.93. The van der Waals surface area contributed by atoms with Crippen LogP contribution >= 0.6 is 0 Å². The van der Waals surface area contributed by atoms with Crippen molar-refractivity contribution in [3.05, 3.63) is 102 Å². The Bertz CT molecular complexity index is 1900.